The van der Waals surface area contributed by atoms with Crippen molar-refractivity contribution in [1.82, 2.24) is 0 Å². The molecule has 0 aliphatic heterocycles. The zero-order chi connectivity index (χ0) is 12.5. The Morgan fingerprint density at radius 2 is 1.88 bits per heavy atom. The first-order valence-electron chi connectivity index (χ1n) is 7.09. The summed E-state index contributed by atoms with van der Waals surface area (Å²) >= 11 is 0. The van der Waals surface area contributed by atoms with Crippen molar-refractivity contribution in [3.8, 4) is 0 Å². The van der Waals surface area contributed by atoms with E-state index in [1.54, 1.807) is 5.57 Å². The average molecular weight is 234 g/mol. The van der Waals surface area contributed by atoms with Crippen molar-refractivity contribution in [2.24, 2.45) is 22.2 Å². The number of ether oxygens (including phenoxy) is 1. The van der Waals surface area contributed by atoms with Crippen LogP contribution in [0.3, 0.4) is 0 Å². The highest BCUT2D eigenvalue weighted by molar-refractivity contribution is 5.38. The Morgan fingerprint density at radius 1 is 1.18 bits per heavy atom. The van der Waals surface area contributed by atoms with Crippen molar-refractivity contribution in [2.75, 3.05) is 7.11 Å². The lowest BCUT2D eigenvalue weighted by atomic mass is 9.53. The molecule has 3 aliphatic carbocycles. The fourth-order valence-corrected chi connectivity index (χ4v) is 5.19. The van der Waals surface area contributed by atoms with Gasteiger partial charge in [0.2, 0.25) is 0 Å². The van der Waals surface area contributed by atoms with Crippen LogP contribution < -0.4 is 0 Å². The van der Waals surface area contributed by atoms with Crippen LogP contribution in [0.15, 0.2) is 11.6 Å². The summed E-state index contributed by atoms with van der Waals surface area (Å²) in [5, 5.41) is 0. The molecule has 0 N–H and O–H groups in total. The van der Waals surface area contributed by atoms with Crippen LogP contribution >= 0.6 is 0 Å². The van der Waals surface area contributed by atoms with Crippen molar-refractivity contribution >= 4 is 0 Å². The van der Waals surface area contributed by atoms with E-state index in [1.165, 1.54) is 25.7 Å². The summed E-state index contributed by atoms with van der Waals surface area (Å²) in [5.74, 6) is 0.906. The highest BCUT2D eigenvalue weighted by atomic mass is 16.5. The summed E-state index contributed by atoms with van der Waals surface area (Å²) in [7, 11) is 1.86. The zero-order valence-corrected chi connectivity index (χ0v) is 12.0. The lowest BCUT2D eigenvalue weighted by Gasteiger charge is -2.52. The summed E-state index contributed by atoms with van der Waals surface area (Å²) in [6.07, 6.45) is 8.28. The van der Waals surface area contributed by atoms with E-state index in [4.69, 9.17) is 4.74 Å². The number of methoxy groups -OCH3 is 1. The minimum Gasteiger partial charge on any atom is -0.377 e. The molecular formula is C16H26O. The molecule has 96 valence electrons. The SMILES string of the molecule is CO[C@H]1C=C2C(C)(C)C3CC[C@@]2(C3)C(C)(C)C1. The maximum atomic E-state index is 5.66. The van der Waals surface area contributed by atoms with Crippen molar-refractivity contribution < 1.29 is 4.74 Å². The summed E-state index contributed by atoms with van der Waals surface area (Å²) < 4.78 is 5.66. The van der Waals surface area contributed by atoms with Gasteiger partial charge in [0.15, 0.2) is 0 Å². The number of hydrogen-bond acceptors (Lipinski definition) is 1. The van der Waals surface area contributed by atoms with Gasteiger partial charge >= 0.3 is 0 Å². The van der Waals surface area contributed by atoms with Crippen LogP contribution in [-0.4, -0.2) is 13.2 Å². The van der Waals surface area contributed by atoms with Gasteiger partial charge in [0.05, 0.1) is 6.10 Å². The van der Waals surface area contributed by atoms with Gasteiger partial charge in [-0.3, -0.25) is 0 Å². The van der Waals surface area contributed by atoms with E-state index >= 15 is 0 Å². The number of fused-ring (bicyclic) bond motifs is 1. The molecule has 2 saturated carbocycles. The molecule has 0 radical (unpaired) electrons. The van der Waals surface area contributed by atoms with Crippen LogP contribution in [-0.2, 0) is 4.74 Å². The molecule has 3 aliphatic rings. The monoisotopic (exact) mass is 234 g/mol. The normalized spacial score (nSPS) is 45.6. The summed E-state index contributed by atoms with van der Waals surface area (Å²) in [6, 6.07) is 0. The molecule has 3 atom stereocenters. The first-order valence-corrected chi connectivity index (χ1v) is 7.09. The smallest absolute Gasteiger partial charge is 0.0760 e. The minimum atomic E-state index is 0.337. The molecule has 1 unspecified atom stereocenters. The summed E-state index contributed by atoms with van der Waals surface area (Å²) in [5.41, 5.74) is 3.03. The highest BCUT2D eigenvalue weighted by Crippen LogP contribution is 2.73. The molecule has 2 fully saturated rings. The molecular weight excluding hydrogens is 208 g/mol. The molecule has 3 rings (SSSR count). The second-order valence-electron chi connectivity index (χ2n) is 7.69. The van der Waals surface area contributed by atoms with E-state index in [2.05, 4.69) is 33.8 Å². The van der Waals surface area contributed by atoms with Gasteiger partial charge in [-0.05, 0) is 47.8 Å². The summed E-state index contributed by atoms with van der Waals surface area (Å²) in [4.78, 5) is 0. The van der Waals surface area contributed by atoms with Crippen LogP contribution in [0.4, 0.5) is 0 Å². The lowest BCUT2D eigenvalue weighted by molar-refractivity contribution is 0.0141. The Bertz CT molecular complexity index is 377. The van der Waals surface area contributed by atoms with E-state index in [-0.39, 0.29) is 0 Å². The van der Waals surface area contributed by atoms with Gasteiger partial charge in [0.1, 0.15) is 0 Å². The van der Waals surface area contributed by atoms with Gasteiger partial charge in [-0.1, -0.05) is 39.3 Å². The van der Waals surface area contributed by atoms with Crippen LogP contribution in [0.1, 0.15) is 53.4 Å². The fraction of sp³-hybridized carbons (Fsp3) is 0.875. The largest absolute Gasteiger partial charge is 0.377 e. The molecule has 0 saturated heterocycles. The minimum absolute atomic E-state index is 0.337. The molecule has 0 aromatic heterocycles. The average Bonchev–Trinajstić information content (AvgIpc) is 2.75. The number of rotatable bonds is 1. The molecule has 0 amide bonds. The van der Waals surface area contributed by atoms with Crippen molar-refractivity contribution in [3.63, 3.8) is 0 Å². The Labute approximate surface area is 106 Å². The van der Waals surface area contributed by atoms with Gasteiger partial charge in [0, 0.05) is 7.11 Å². The Kier molecular flexibility index (Phi) is 2.20. The second-order valence-corrected chi connectivity index (χ2v) is 7.69. The van der Waals surface area contributed by atoms with Gasteiger partial charge in [0.25, 0.3) is 0 Å². The van der Waals surface area contributed by atoms with E-state index in [1.807, 2.05) is 7.11 Å². The van der Waals surface area contributed by atoms with E-state index < -0.39 is 0 Å². The van der Waals surface area contributed by atoms with E-state index in [0.717, 1.165) is 5.92 Å². The summed E-state index contributed by atoms with van der Waals surface area (Å²) in [6.45, 7) is 9.85. The molecule has 0 heterocycles. The van der Waals surface area contributed by atoms with Gasteiger partial charge in [-0.2, -0.15) is 0 Å². The fourth-order valence-electron chi connectivity index (χ4n) is 5.19. The van der Waals surface area contributed by atoms with E-state index in [9.17, 15) is 0 Å². The molecule has 2 bridgehead atoms. The quantitative estimate of drug-likeness (QED) is 0.618. The molecule has 0 aromatic rings. The maximum Gasteiger partial charge on any atom is 0.0760 e. The lowest BCUT2D eigenvalue weighted by Crippen LogP contribution is -2.45. The molecule has 17 heavy (non-hydrogen) atoms. The van der Waals surface area contributed by atoms with Crippen LogP contribution in [0, 0.1) is 22.2 Å². The second kappa shape index (κ2) is 3.17. The van der Waals surface area contributed by atoms with Crippen molar-refractivity contribution in [2.45, 2.75) is 59.5 Å². The Hall–Kier alpha value is -0.300. The van der Waals surface area contributed by atoms with Crippen molar-refractivity contribution in [1.29, 1.82) is 0 Å². The Morgan fingerprint density at radius 3 is 2.53 bits per heavy atom. The first kappa shape index (κ1) is 11.8. The third kappa shape index (κ3) is 1.24. The molecule has 0 aromatic carbocycles. The first-order chi connectivity index (χ1) is 7.83. The Balaban J connectivity index is 2.14. The van der Waals surface area contributed by atoms with Gasteiger partial charge in [-0.25, -0.2) is 0 Å². The predicted octanol–water partition coefficient (Wildman–Crippen LogP) is 4.18. The van der Waals surface area contributed by atoms with Gasteiger partial charge < -0.3 is 4.74 Å². The van der Waals surface area contributed by atoms with Crippen LogP contribution in [0.2, 0.25) is 0 Å². The standard InChI is InChI=1S/C16H26O/c1-14(2)10-12(17-5)8-13-15(3,4)11-6-7-16(13,14)9-11/h8,11-12H,6-7,9-10H2,1-5H3/t11?,12-,16-/m0/s1. The molecule has 1 spiro atoms. The maximum absolute atomic E-state index is 5.66. The highest BCUT2D eigenvalue weighted by Gasteiger charge is 2.64. The molecule has 1 heteroatoms. The van der Waals surface area contributed by atoms with Gasteiger partial charge in [-0.15, -0.1) is 0 Å². The topological polar surface area (TPSA) is 9.23 Å². The molecule has 1 nitrogen and oxygen atoms in total. The third-order valence-electron chi connectivity index (χ3n) is 6.41. The number of allylic oxidation sites excluding steroid dienone is 1. The van der Waals surface area contributed by atoms with E-state index in [0.29, 0.717) is 22.3 Å². The number of hydrogen-bond donors (Lipinski definition) is 0. The van der Waals surface area contributed by atoms with Crippen LogP contribution in [0.5, 0.6) is 0 Å². The third-order valence-corrected chi connectivity index (χ3v) is 6.41. The predicted molar refractivity (Wildman–Crippen MR) is 70.8 cm³/mol. The zero-order valence-electron chi connectivity index (χ0n) is 12.0. The van der Waals surface area contributed by atoms with Crippen molar-refractivity contribution in [3.05, 3.63) is 11.6 Å². The van der Waals surface area contributed by atoms with Crippen LogP contribution in [0.25, 0.3) is 0 Å².